The first kappa shape index (κ1) is 15.4. The minimum absolute atomic E-state index is 0.0269. The van der Waals surface area contributed by atoms with Crippen LogP contribution in [0.25, 0.3) is 5.69 Å². The topological polar surface area (TPSA) is 108 Å². The molecule has 0 aliphatic rings. The molecule has 3 rings (SSSR count). The number of non-ortho nitro benzene ring substituents is 1. The molecule has 1 aromatic heterocycles. The molecule has 122 valence electrons. The highest BCUT2D eigenvalue weighted by atomic mass is 16.6. The number of hydrogen-bond acceptors (Lipinski definition) is 7. The van der Waals surface area contributed by atoms with E-state index in [4.69, 9.17) is 4.74 Å². The predicted molar refractivity (Wildman–Crippen MR) is 86.1 cm³/mol. The van der Waals surface area contributed by atoms with Gasteiger partial charge in [0.05, 0.1) is 30.0 Å². The summed E-state index contributed by atoms with van der Waals surface area (Å²) in [6.07, 6.45) is 0. The molecule has 2 aromatic carbocycles. The average Bonchev–Trinajstić information content (AvgIpc) is 3.09. The highest BCUT2D eigenvalue weighted by molar-refractivity contribution is 5.61. The van der Waals surface area contributed by atoms with Gasteiger partial charge in [-0.25, -0.2) is 0 Å². The lowest BCUT2D eigenvalue weighted by molar-refractivity contribution is -0.384. The summed E-state index contributed by atoms with van der Waals surface area (Å²) in [7, 11) is 1.50. The fourth-order valence-electron chi connectivity index (χ4n) is 2.21. The van der Waals surface area contributed by atoms with Gasteiger partial charge in [0.2, 0.25) is 0 Å². The summed E-state index contributed by atoms with van der Waals surface area (Å²) in [4.78, 5) is 10.5. The molecule has 0 fully saturated rings. The highest BCUT2D eigenvalue weighted by Gasteiger charge is 2.13. The molecule has 3 aromatic rings. The molecule has 0 bridgehead atoms. The third-order valence-electron chi connectivity index (χ3n) is 3.37. The lowest BCUT2D eigenvalue weighted by atomic mass is 10.2. The zero-order valence-electron chi connectivity index (χ0n) is 12.8. The number of ether oxygens (including phenoxy) is 1. The molecule has 0 saturated carbocycles. The van der Waals surface area contributed by atoms with Crippen LogP contribution in [0.15, 0.2) is 48.5 Å². The molecule has 0 spiro atoms. The monoisotopic (exact) mass is 326 g/mol. The Labute approximate surface area is 137 Å². The van der Waals surface area contributed by atoms with Gasteiger partial charge < -0.3 is 10.1 Å². The maximum atomic E-state index is 10.9. The number of para-hydroxylation sites is 1. The van der Waals surface area contributed by atoms with Gasteiger partial charge in [0, 0.05) is 12.1 Å². The molecule has 1 N–H and O–H groups in total. The second-order valence-electron chi connectivity index (χ2n) is 4.84. The number of rotatable bonds is 6. The van der Waals surface area contributed by atoms with Crippen molar-refractivity contribution in [3.63, 3.8) is 0 Å². The molecule has 0 saturated heterocycles. The average molecular weight is 326 g/mol. The van der Waals surface area contributed by atoms with Gasteiger partial charge in [0.25, 0.3) is 5.69 Å². The van der Waals surface area contributed by atoms with E-state index in [1.165, 1.54) is 19.2 Å². The SMILES string of the molecule is COc1ccc([N+](=O)[O-])cc1NCc1nnnn1-c1ccccc1. The van der Waals surface area contributed by atoms with Gasteiger partial charge >= 0.3 is 0 Å². The zero-order valence-corrected chi connectivity index (χ0v) is 12.8. The second-order valence-corrected chi connectivity index (χ2v) is 4.84. The van der Waals surface area contributed by atoms with Crippen molar-refractivity contribution in [1.29, 1.82) is 0 Å². The Bertz CT molecular complexity index is 849. The number of benzene rings is 2. The van der Waals surface area contributed by atoms with Crippen LogP contribution in [0.1, 0.15) is 5.82 Å². The van der Waals surface area contributed by atoms with Gasteiger partial charge in [-0.05, 0) is 28.6 Å². The van der Waals surface area contributed by atoms with Gasteiger partial charge in [-0.15, -0.1) is 5.10 Å². The summed E-state index contributed by atoms with van der Waals surface area (Å²) in [6, 6.07) is 13.8. The number of hydrogen-bond donors (Lipinski definition) is 1. The van der Waals surface area contributed by atoms with Gasteiger partial charge in [0.1, 0.15) is 5.75 Å². The molecule has 0 unspecified atom stereocenters. The molecule has 0 aliphatic heterocycles. The number of tetrazole rings is 1. The van der Waals surface area contributed by atoms with E-state index in [1.54, 1.807) is 10.7 Å². The van der Waals surface area contributed by atoms with Crippen molar-refractivity contribution >= 4 is 11.4 Å². The second kappa shape index (κ2) is 6.73. The Morgan fingerprint density at radius 1 is 1.25 bits per heavy atom. The van der Waals surface area contributed by atoms with Crippen molar-refractivity contribution < 1.29 is 9.66 Å². The maximum absolute atomic E-state index is 10.9. The van der Waals surface area contributed by atoms with Gasteiger partial charge in [-0.1, -0.05) is 18.2 Å². The molecule has 0 atom stereocenters. The minimum atomic E-state index is -0.460. The Hall–Kier alpha value is -3.49. The van der Waals surface area contributed by atoms with E-state index in [-0.39, 0.29) is 12.2 Å². The molecular weight excluding hydrogens is 312 g/mol. The zero-order chi connectivity index (χ0) is 16.9. The third kappa shape index (κ3) is 3.14. The van der Waals surface area contributed by atoms with E-state index >= 15 is 0 Å². The highest BCUT2D eigenvalue weighted by Crippen LogP contribution is 2.29. The lowest BCUT2D eigenvalue weighted by Gasteiger charge is -2.11. The smallest absolute Gasteiger partial charge is 0.271 e. The molecule has 9 nitrogen and oxygen atoms in total. The first-order valence-corrected chi connectivity index (χ1v) is 7.08. The minimum Gasteiger partial charge on any atom is -0.495 e. The fraction of sp³-hybridized carbons (Fsp3) is 0.133. The van der Waals surface area contributed by atoms with Crippen LogP contribution in [0.5, 0.6) is 5.75 Å². The maximum Gasteiger partial charge on any atom is 0.271 e. The van der Waals surface area contributed by atoms with Crippen molar-refractivity contribution in [3.05, 3.63) is 64.5 Å². The summed E-state index contributed by atoms with van der Waals surface area (Å²) >= 11 is 0. The van der Waals surface area contributed by atoms with E-state index in [2.05, 4.69) is 20.8 Å². The summed E-state index contributed by atoms with van der Waals surface area (Å²) < 4.78 is 6.82. The van der Waals surface area contributed by atoms with E-state index < -0.39 is 4.92 Å². The van der Waals surface area contributed by atoms with Crippen molar-refractivity contribution in [2.75, 3.05) is 12.4 Å². The van der Waals surface area contributed by atoms with Crippen LogP contribution in [0.2, 0.25) is 0 Å². The first-order chi connectivity index (χ1) is 11.7. The van der Waals surface area contributed by atoms with Crippen LogP contribution in [0, 0.1) is 10.1 Å². The number of nitro groups is 1. The van der Waals surface area contributed by atoms with Crippen LogP contribution in [-0.2, 0) is 6.54 Å². The van der Waals surface area contributed by atoms with Gasteiger partial charge in [-0.2, -0.15) is 4.68 Å². The van der Waals surface area contributed by atoms with Crippen molar-refractivity contribution in [2.45, 2.75) is 6.54 Å². The van der Waals surface area contributed by atoms with Gasteiger partial charge in [-0.3, -0.25) is 10.1 Å². The van der Waals surface area contributed by atoms with E-state index in [9.17, 15) is 10.1 Å². The summed E-state index contributed by atoms with van der Waals surface area (Å²) in [5, 5.41) is 25.6. The lowest BCUT2D eigenvalue weighted by Crippen LogP contribution is -2.09. The standard InChI is InChI=1S/C15H14N6O3/c1-24-14-8-7-12(21(22)23)9-13(14)16-10-15-17-18-19-20(15)11-5-3-2-4-6-11/h2-9,16H,10H2,1H3. The van der Waals surface area contributed by atoms with Crippen LogP contribution < -0.4 is 10.1 Å². The predicted octanol–water partition coefficient (Wildman–Crippen LogP) is 2.19. The molecule has 0 radical (unpaired) electrons. The molecular formula is C15H14N6O3. The largest absolute Gasteiger partial charge is 0.495 e. The van der Waals surface area contributed by atoms with E-state index in [0.717, 1.165) is 5.69 Å². The Morgan fingerprint density at radius 3 is 2.75 bits per heavy atom. The normalized spacial score (nSPS) is 10.4. The van der Waals surface area contributed by atoms with Gasteiger partial charge in [0.15, 0.2) is 5.82 Å². The Balaban J connectivity index is 1.83. The number of methoxy groups -OCH3 is 1. The van der Waals surface area contributed by atoms with Crippen molar-refractivity contribution in [1.82, 2.24) is 20.2 Å². The summed E-state index contributed by atoms with van der Waals surface area (Å²) in [5.41, 5.74) is 1.29. The number of nitro benzene ring substituents is 1. The number of aromatic nitrogens is 4. The Morgan fingerprint density at radius 2 is 2.04 bits per heavy atom. The Kier molecular flexibility index (Phi) is 4.32. The van der Waals surface area contributed by atoms with Crippen LogP contribution in [0.3, 0.4) is 0 Å². The molecule has 0 amide bonds. The number of nitrogens with zero attached hydrogens (tertiary/aromatic N) is 5. The van der Waals surface area contributed by atoms with E-state index in [1.807, 2.05) is 30.3 Å². The number of anilines is 1. The van der Waals surface area contributed by atoms with Crippen LogP contribution in [0.4, 0.5) is 11.4 Å². The van der Waals surface area contributed by atoms with Crippen LogP contribution in [-0.4, -0.2) is 32.2 Å². The summed E-state index contributed by atoms with van der Waals surface area (Å²) in [5.74, 6) is 1.06. The third-order valence-corrected chi connectivity index (χ3v) is 3.37. The van der Waals surface area contributed by atoms with Crippen molar-refractivity contribution in [2.24, 2.45) is 0 Å². The number of nitrogens with one attached hydrogen (secondary N) is 1. The van der Waals surface area contributed by atoms with Crippen LogP contribution >= 0.6 is 0 Å². The molecule has 9 heteroatoms. The van der Waals surface area contributed by atoms with E-state index in [0.29, 0.717) is 17.3 Å². The first-order valence-electron chi connectivity index (χ1n) is 7.08. The molecule has 0 aliphatic carbocycles. The molecule has 1 heterocycles. The quantitative estimate of drug-likeness (QED) is 0.546. The molecule has 24 heavy (non-hydrogen) atoms. The summed E-state index contributed by atoms with van der Waals surface area (Å²) in [6.45, 7) is 0.277. The fourth-order valence-corrected chi connectivity index (χ4v) is 2.21. The van der Waals surface area contributed by atoms with Crippen molar-refractivity contribution in [3.8, 4) is 11.4 Å².